The number of carbonyl (C=O) groups excluding carboxylic acids is 2. The van der Waals surface area contributed by atoms with Crippen molar-refractivity contribution in [2.24, 2.45) is 0 Å². The average molecular weight is 393 g/mol. The minimum atomic E-state index is -1.83. The number of hydrogen-bond donors (Lipinski definition) is 1. The first-order chi connectivity index (χ1) is 14.0. The molecule has 2 aromatic rings. The van der Waals surface area contributed by atoms with Crippen molar-refractivity contribution in [1.82, 2.24) is 0 Å². The number of nitrogens with zero attached hydrogens (tertiary/aromatic N) is 1. The lowest BCUT2D eigenvalue weighted by Crippen LogP contribution is -2.42. The highest BCUT2D eigenvalue weighted by Crippen LogP contribution is 2.42. The first-order valence-electron chi connectivity index (χ1n) is 9.77. The van der Waals surface area contributed by atoms with Gasteiger partial charge < -0.3 is 19.5 Å². The van der Waals surface area contributed by atoms with Gasteiger partial charge >= 0.3 is 0 Å². The number of unbranched alkanes of at least 4 members (excludes halogenated alkanes) is 1. The molecule has 1 amide bonds. The van der Waals surface area contributed by atoms with Crippen LogP contribution in [-0.4, -0.2) is 30.1 Å². The summed E-state index contributed by atoms with van der Waals surface area (Å²) >= 11 is 0. The van der Waals surface area contributed by atoms with Crippen LogP contribution in [0.5, 0.6) is 11.5 Å². The van der Waals surface area contributed by atoms with Crippen LogP contribution < -0.4 is 14.4 Å². The molecule has 2 heterocycles. The number of carbonyl (C=O) groups is 2. The summed E-state index contributed by atoms with van der Waals surface area (Å²) in [4.78, 5) is 27.2. The highest BCUT2D eigenvalue weighted by atomic mass is 16.7. The lowest BCUT2D eigenvalue weighted by Gasteiger charge is -2.22. The Bertz CT molecular complexity index is 983. The van der Waals surface area contributed by atoms with Gasteiger partial charge in [-0.05, 0) is 36.3 Å². The monoisotopic (exact) mass is 393 g/mol. The third kappa shape index (κ3) is 3.51. The highest BCUT2D eigenvalue weighted by molar-refractivity contribution is 6.10. The fourth-order valence-corrected chi connectivity index (χ4v) is 3.73. The molecule has 0 spiro atoms. The Labute approximate surface area is 169 Å². The van der Waals surface area contributed by atoms with Crippen molar-refractivity contribution in [3.05, 3.63) is 59.7 Å². The number of hydrogen-bond acceptors (Lipinski definition) is 5. The van der Waals surface area contributed by atoms with E-state index in [1.165, 1.54) is 6.08 Å². The molecule has 0 aromatic heterocycles. The maximum atomic E-state index is 13.0. The lowest BCUT2D eigenvalue weighted by atomic mass is 9.89. The van der Waals surface area contributed by atoms with Gasteiger partial charge in [0.15, 0.2) is 22.9 Å². The van der Waals surface area contributed by atoms with Crippen LogP contribution in [0.25, 0.3) is 6.08 Å². The molecule has 0 fully saturated rings. The molecule has 2 aromatic carbocycles. The normalized spacial score (nSPS) is 19.8. The zero-order chi connectivity index (χ0) is 20.4. The highest BCUT2D eigenvalue weighted by Gasteiger charge is 2.50. The molecule has 1 N–H and O–H groups in total. The molecule has 6 nitrogen and oxygen atoms in total. The van der Waals surface area contributed by atoms with Gasteiger partial charge in [0, 0.05) is 12.1 Å². The van der Waals surface area contributed by atoms with Crippen LogP contribution in [0.3, 0.4) is 0 Å². The van der Waals surface area contributed by atoms with E-state index in [-0.39, 0.29) is 19.0 Å². The molecule has 29 heavy (non-hydrogen) atoms. The van der Waals surface area contributed by atoms with E-state index in [4.69, 9.17) is 9.47 Å². The molecule has 150 valence electrons. The van der Waals surface area contributed by atoms with Crippen LogP contribution in [0.2, 0.25) is 0 Å². The largest absolute Gasteiger partial charge is 0.454 e. The van der Waals surface area contributed by atoms with E-state index >= 15 is 0 Å². The number of aliphatic hydroxyl groups is 1. The van der Waals surface area contributed by atoms with E-state index in [0.717, 1.165) is 18.4 Å². The Hall–Kier alpha value is -3.12. The topological polar surface area (TPSA) is 76.1 Å². The van der Waals surface area contributed by atoms with E-state index in [2.05, 4.69) is 0 Å². The summed E-state index contributed by atoms with van der Waals surface area (Å²) in [7, 11) is 0. The van der Waals surface area contributed by atoms with Crippen LogP contribution in [-0.2, 0) is 15.2 Å². The predicted octanol–water partition coefficient (Wildman–Crippen LogP) is 3.42. The van der Waals surface area contributed by atoms with E-state index in [1.807, 2.05) is 25.1 Å². The molecule has 0 saturated heterocycles. The van der Waals surface area contributed by atoms with Crippen molar-refractivity contribution in [1.29, 1.82) is 0 Å². The average Bonchev–Trinajstić information content (AvgIpc) is 3.27. The van der Waals surface area contributed by atoms with E-state index in [9.17, 15) is 14.7 Å². The van der Waals surface area contributed by atoms with Crippen molar-refractivity contribution in [3.8, 4) is 11.5 Å². The van der Waals surface area contributed by atoms with Crippen molar-refractivity contribution in [3.63, 3.8) is 0 Å². The van der Waals surface area contributed by atoms with Crippen molar-refractivity contribution >= 4 is 23.5 Å². The van der Waals surface area contributed by atoms with Gasteiger partial charge in [0.05, 0.1) is 12.1 Å². The van der Waals surface area contributed by atoms with Gasteiger partial charge in [-0.1, -0.05) is 43.7 Å². The molecule has 4 rings (SSSR count). The van der Waals surface area contributed by atoms with Crippen LogP contribution >= 0.6 is 0 Å². The number of fused-ring (bicyclic) bond motifs is 2. The number of ketones is 1. The fourth-order valence-electron chi connectivity index (χ4n) is 3.73. The lowest BCUT2D eigenvalue weighted by molar-refractivity contribution is -0.140. The third-order valence-corrected chi connectivity index (χ3v) is 5.26. The van der Waals surface area contributed by atoms with E-state index in [0.29, 0.717) is 29.3 Å². The standard InChI is InChI=1S/C23H23NO5/c1-2-3-12-24-19-7-5-4-6-18(19)23(27,22(24)26)14-17(25)10-8-16-9-11-20-21(13-16)29-15-28-20/h4-11,13,27H,2-3,12,14-15H2,1H3. The number of amides is 1. The maximum Gasteiger partial charge on any atom is 0.264 e. The molecule has 6 heteroatoms. The van der Waals surface area contributed by atoms with Gasteiger partial charge in [-0.3, -0.25) is 9.59 Å². The number of para-hydroxylation sites is 1. The number of anilines is 1. The molecule has 0 aliphatic carbocycles. The third-order valence-electron chi connectivity index (χ3n) is 5.26. The molecular formula is C23H23NO5. The number of benzene rings is 2. The smallest absolute Gasteiger partial charge is 0.264 e. The van der Waals surface area contributed by atoms with Gasteiger partial charge in [0.25, 0.3) is 5.91 Å². The van der Waals surface area contributed by atoms with Gasteiger partial charge in [0.2, 0.25) is 6.79 Å². The second kappa shape index (κ2) is 7.72. The van der Waals surface area contributed by atoms with Crippen molar-refractivity contribution in [2.75, 3.05) is 18.2 Å². The summed E-state index contributed by atoms with van der Waals surface area (Å²) in [5.74, 6) is 0.537. The summed E-state index contributed by atoms with van der Waals surface area (Å²) in [5, 5.41) is 11.2. The Kier molecular flexibility index (Phi) is 5.11. The molecule has 1 atom stereocenters. The summed E-state index contributed by atoms with van der Waals surface area (Å²) in [6.07, 6.45) is 4.50. The quantitative estimate of drug-likeness (QED) is 0.730. The zero-order valence-corrected chi connectivity index (χ0v) is 16.3. The Morgan fingerprint density at radius 2 is 2.00 bits per heavy atom. The zero-order valence-electron chi connectivity index (χ0n) is 16.3. The Morgan fingerprint density at radius 3 is 2.83 bits per heavy atom. The first-order valence-corrected chi connectivity index (χ1v) is 9.77. The summed E-state index contributed by atoms with van der Waals surface area (Å²) in [5.41, 5.74) is 0.116. The van der Waals surface area contributed by atoms with Crippen LogP contribution in [0, 0.1) is 0 Å². The SMILES string of the molecule is CCCCN1C(=O)C(O)(CC(=O)C=Cc2ccc3c(c2)OCO3)c2ccccc21. The maximum absolute atomic E-state index is 13.0. The predicted molar refractivity (Wildman–Crippen MR) is 109 cm³/mol. The number of allylic oxidation sites excluding steroid dienone is 1. The van der Waals surface area contributed by atoms with Gasteiger partial charge in [-0.25, -0.2) is 0 Å². The molecule has 0 radical (unpaired) electrons. The second-order valence-electron chi connectivity index (χ2n) is 7.28. The molecule has 1 unspecified atom stereocenters. The van der Waals surface area contributed by atoms with E-state index < -0.39 is 11.5 Å². The van der Waals surface area contributed by atoms with Gasteiger partial charge in [-0.2, -0.15) is 0 Å². The van der Waals surface area contributed by atoms with Crippen LogP contribution in [0.15, 0.2) is 48.5 Å². The van der Waals surface area contributed by atoms with E-state index in [1.54, 1.807) is 35.2 Å². The molecule has 2 aliphatic heterocycles. The van der Waals surface area contributed by atoms with Crippen LogP contribution in [0.1, 0.15) is 37.3 Å². The molecule has 0 saturated carbocycles. The molecule has 0 bridgehead atoms. The first kappa shape index (κ1) is 19.2. The number of ether oxygens (including phenoxy) is 2. The second-order valence-corrected chi connectivity index (χ2v) is 7.28. The van der Waals surface area contributed by atoms with Crippen molar-refractivity contribution in [2.45, 2.75) is 31.8 Å². The fraction of sp³-hybridized carbons (Fsp3) is 0.304. The van der Waals surface area contributed by atoms with Crippen molar-refractivity contribution < 1.29 is 24.2 Å². The molecule has 2 aliphatic rings. The number of rotatable bonds is 7. The summed E-state index contributed by atoms with van der Waals surface area (Å²) < 4.78 is 10.6. The minimum absolute atomic E-state index is 0.185. The van der Waals surface area contributed by atoms with Gasteiger partial charge in [-0.15, -0.1) is 0 Å². The Morgan fingerprint density at radius 1 is 1.21 bits per heavy atom. The Balaban J connectivity index is 1.53. The molecular weight excluding hydrogens is 370 g/mol. The van der Waals surface area contributed by atoms with Gasteiger partial charge in [0.1, 0.15) is 0 Å². The van der Waals surface area contributed by atoms with Crippen LogP contribution in [0.4, 0.5) is 5.69 Å². The minimum Gasteiger partial charge on any atom is -0.454 e. The summed E-state index contributed by atoms with van der Waals surface area (Å²) in [6.45, 7) is 2.75. The summed E-state index contributed by atoms with van der Waals surface area (Å²) in [6, 6.07) is 12.5.